The van der Waals surface area contributed by atoms with Crippen molar-refractivity contribution in [3.8, 4) is 0 Å². The molecule has 1 aromatic heterocycles. The lowest BCUT2D eigenvalue weighted by molar-refractivity contribution is 0.0770. The molecule has 2 aliphatic heterocycles. The van der Waals surface area contributed by atoms with Gasteiger partial charge in [-0.05, 0) is 31.5 Å². The molecule has 1 N–H and O–H groups in total. The summed E-state index contributed by atoms with van der Waals surface area (Å²) < 4.78 is 0. The van der Waals surface area contributed by atoms with Gasteiger partial charge in [0.25, 0.3) is 5.91 Å². The Labute approximate surface area is 111 Å². The fourth-order valence-electron chi connectivity index (χ4n) is 2.92. The van der Waals surface area contributed by atoms with Crippen LogP contribution in [0.1, 0.15) is 23.3 Å². The number of nitrogens with one attached hydrogen (secondary N) is 1. The number of hydrogen-bond acceptors (Lipinski definition) is 3. The minimum atomic E-state index is 0.0236. The number of halogens is 1. The summed E-state index contributed by atoms with van der Waals surface area (Å²) in [7, 11) is 0. The van der Waals surface area contributed by atoms with Gasteiger partial charge in [-0.15, -0.1) is 0 Å². The summed E-state index contributed by atoms with van der Waals surface area (Å²) in [5, 5.41) is 3.95. The second-order valence-electron chi connectivity index (χ2n) is 5.27. The number of rotatable bonds is 1. The summed E-state index contributed by atoms with van der Waals surface area (Å²) in [4.78, 5) is 18.3. The summed E-state index contributed by atoms with van der Waals surface area (Å²) in [6.07, 6.45) is 3.79. The first-order chi connectivity index (χ1) is 8.69. The monoisotopic (exact) mass is 265 g/mol. The Morgan fingerprint density at radius 2 is 2.33 bits per heavy atom. The van der Waals surface area contributed by atoms with Gasteiger partial charge in [-0.1, -0.05) is 11.6 Å². The van der Waals surface area contributed by atoms with Crippen LogP contribution in [0.25, 0.3) is 0 Å². The smallest absolute Gasteiger partial charge is 0.272 e. The predicted molar refractivity (Wildman–Crippen MR) is 69.7 cm³/mol. The Morgan fingerprint density at radius 3 is 3.00 bits per heavy atom. The average Bonchev–Trinajstić information content (AvgIpc) is 3.01. The fraction of sp³-hybridized carbons (Fsp3) is 0.538. The number of carbonyl (C=O) groups excluding carboxylic acids is 1. The van der Waals surface area contributed by atoms with Crippen molar-refractivity contribution in [3.63, 3.8) is 0 Å². The predicted octanol–water partition coefficient (Wildman–Crippen LogP) is 1.56. The van der Waals surface area contributed by atoms with E-state index in [0.717, 1.165) is 32.6 Å². The van der Waals surface area contributed by atoms with E-state index >= 15 is 0 Å². The van der Waals surface area contributed by atoms with Gasteiger partial charge in [0.2, 0.25) is 0 Å². The van der Waals surface area contributed by atoms with E-state index < -0.39 is 0 Å². The van der Waals surface area contributed by atoms with Crippen molar-refractivity contribution in [1.82, 2.24) is 15.2 Å². The van der Waals surface area contributed by atoms with Crippen molar-refractivity contribution >= 4 is 17.5 Å². The number of amides is 1. The third kappa shape index (κ3) is 2.10. The van der Waals surface area contributed by atoms with Gasteiger partial charge in [-0.3, -0.25) is 4.79 Å². The molecule has 18 heavy (non-hydrogen) atoms. The van der Waals surface area contributed by atoms with Gasteiger partial charge in [-0.2, -0.15) is 0 Å². The van der Waals surface area contributed by atoms with Crippen LogP contribution in [0, 0.1) is 5.41 Å². The molecule has 4 nitrogen and oxygen atoms in total. The lowest BCUT2D eigenvalue weighted by Crippen LogP contribution is -2.33. The third-order valence-electron chi connectivity index (χ3n) is 4.00. The molecule has 0 aromatic carbocycles. The highest BCUT2D eigenvalue weighted by Gasteiger charge is 2.42. The maximum atomic E-state index is 12.3. The maximum Gasteiger partial charge on any atom is 0.272 e. The molecule has 96 valence electrons. The number of hydrogen-bond donors (Lipinski definition) is 1. The fourth-order valence-corrected chi connectivity index (χ4v) is 3.03. The van der Waals surface area contributed by atoms with Crippen LogP contribution in [0.4, 0.5) is 0 Å². The third-order valence-corrected chi connectivity index (χ3v) is 4.23. The molecular weight excluding hydrogens is 250 g/mol. The first-order valence-electron chi connectivity index (χ1n) is 6.30. The highest BCUT2D eigenvalue weighted by molar-refractivity contribution is 6.30. The van der Waals surface area contributed by atoms with Crippen LogP contribution in [-0.2, 0) is 0 Å². The SMILES string of the molecule is O=C(c1ccc(Cl)cn1)N1CCC2(CCNC2)C1. The quantitative estimate of drug-likeness (QED) is 0.838. The molecule has 1 aromatic rings. The molecule has 3 heterocycles. The highest BCUT2D eigenvalue weighted by atomic mass is 35.5. The van der Waals surface area contributed by atoms with E-state index in [0.29, 0.717) is 16.1 Å². The van der Waals surface area contributed by atoms with E-state index in [1.165, 1.54) is 12.6 Å². The van der Waals surface area contributed by atoms with Gasteiger partial charge in [0.05, 0.1) is 5.02 Å². The van der Waals surface area contributed by atoms with Crippen molar-refractivity contribution in [2.24, 2.45) is 5.41 Å². The molecule has 2 aliphatic rings. The molecule has 0 bridgehead atoms. The van der Waals surface area contributed by atoms with Gasteiger partial charge < -0.3 is 10.2 Å². The second-order valence-corrected chi connectivity index (χ2v) is 5.70. The molecule has 5 heteroatoms. The average molecular weight is 266 g/mol. The highest BCUT2D eigenvalue weighted by Crippen LogP contribution is 2.36. The van der Waals surface area contributed by atoms with Gasteiger partial charge in [-0.25, -0.2) is 4.98 Å². The van der Waals surface area contributed by atoms with Gasteiger partial charge in [0.15, 0.2) is 0 Å². The van der Waals surface area contributed by atoms with E-state index in [1.807, 2.05) is 4.90 Å². The van der Waals surface area contributed by atoms with Crippen LogP contribution < -0.4 is 5.32 Å². The lowest BCUT2D eigenvalue weighted by atomic mass is 9.87. The van der Waals surface area contributed by atoms with E-state index in [4.69, 9.17) is 11.6 Å². The van der Waals surface area contributed by atoms with Crippen LogP contribution in [0.2, 0.25) is 5.02 Å². The summed E-state index contributed by atoms with van der Waals surface area (Å²) in [6.45, 7) is 3.79. The van der Waals surface area contributed by atoms with Crippen molar-refractivity contribution in [3.05, 3.63) is 29.0 Å². The number of nitrogens with zero attached hydrogens (tertiary/aromatic N) is 2. The number of carbonyl (C=O) groups is 1. The Hall–Kier alpha value is -1.13. The van der Waals surface area contributed by atoms with Crippen molar-refractivity contribution in [1.29, 1.82) is 0 Å². The maximum absolute atomic E-state index is 12.3. The number of aromatic nitrogens is 1. The topological polar surface area (TPSA) is 45.2 Å². The van der Waals surface area contributed by atoms with Gasteiger partial charge in [0, 0.05) is 31.2 Å². The van der Waals surface area contributed by atoms with E-state index in [2.05, 4.69) is 10.3 Å². The van der Waals surface area contributed by atoms with Gasteiger partial charge >= 0.3 is 0 Å². The van der Waals surface area contributed by atoms with Crippen LogP contribution >= 0.6 is 11.6 Å². The number of pyridine rings is 1. The molecule has 1 unspecified atom stereocenters. The lowest BCUT2D eigenvalue weighted by Gasteiger charge is -2.22. The minimum Gasteiger partial charge on any atom is -0.337 e. The molecule has 0 radical (unpaired) electrons. The minimum absolute atomic E-state index is 0.0236. The molecule has 0 aliphatic carbocycles. The molecular formula is C13H16ClN3O. The molecule has 2 saturated heterocycles. The first kappa shape index (κ1) is 11.9. The Bertz CT molecular complexity index is 454. The van der Waals surface area contributed by atoms with Crippen molar-refractivity contribution < 1.29 is 4.79 Å². The summed E-state index contributed by atoms with van der Waals surface area (Å²) in [5.74, 6) is 0.0236. The Balaban J connectivity index is 1.72. The standard InChI is InChI=1S/C13H16ClN3O/c14-10-1-2-11(16-7-10)12(18)17-6-4-13(9-17)3-5-15-8-13/h1-2,7,15H,3-6,8-9H2. The van der Waals surface area contributed by atoms with E-state index in [9.17, 15) is 4.79 Å². The zero-order valence-electron chi connectivity index (χ0n) is 10.2. The van der Waals surface area contributed by atoms with E-state index in [-0.39, 0.29) is 5.91 Å². The van der Waals surface area contributed by atoms with Crippen molar-refractivity contribution in [2.45, 2.75) is 12.8 Å². The molecule has 1 atom stereocenters. The first-order valence-corrected chi connectivity index (χ1v) is 6.68. The van der Waals surface area contributed by atoms with Crippen molar-refractivity contribution in [2.75, 3.05) is 26.2 Å². The van der Waals surface area contributed by atoms with E-state index in [1.54, 1.807) is 12.1 Å². The largest absolute Gasteiger partial charge is 0.337 e. The molecule has 2 fully saturated rings. The normalized spacial score (nSPS) is 27.1. The zero-order chi connectivity index (χ0) is 12.6. The summed E-state index contributed by atoms with van der Waals surface area (Å²) >= 11 is 5.78. The van der Waals surface area contributed by atoms with Crippen LogP contribution in [0.15, 0.2) is 18.3 Å². The zero-order valence-corrected chi connectivity index (χ0v) is 10.9. The van der Waals surface area contributed by atoms with Gasteiger partial charge in [0.1, 0.15) is 5.69 Å². The van der Waals surface area contributed by atoms with Crippen LogP contribution in [0.3, 0.4) is 0 Å². The summed E-state index contributed by atoms with van der Waals surface area (Å²) in [6, 6.07) is 3.41. The molecule has 3 rings (SSSR count). The second kappa shape index (κ2) is 4.52. The Morgan fingerprint density at radius 1 is 1.44 bits per heavy atom. The van der Waals surface area contributed by atoms with Crippen LogP contribution in [-0.4, -0.2) is 42.0 Å². The number of likely N-dealkylation sites (tertiary alicyclic amines) is 1. The molecule has 1 spiro atoms. The molecule has 1 amide bonds. The van der Waals surface area contributed by atoms with Crippen LogP contribution in [0.5, 0.6) is 0 Å². The summed E-state index contributed by atoms with van der Waals surface area (Å²) in [5.41, 5.74) is 0.796. The molecule has 0 saturated carbocycles. The Kier molecular flexibility index (Phi) is 2.99.